The first-order valence-electron chi connectivity index (χ1n) is 9.13. The van der Waals surface area contributed by atoms with Crippen molar-refractivity contribution < 1.29 is 4.79 Å². The van der Waals surface area contributed by atoms with Crippen LogP contribution in [0.3, 0.4) is 0 Å². The lowest BCUT2D eigenvalue weighted by Gasteiger charge is -2.05. The molecule has 29 heavy (non-hydrogen) atoms. The third-order valence-electron chi connectivity index (χ3n) is 4.67. The first-order chi connectivity index (χ1) is 14.3. The molecule has 0 bridgehead atoms. The maximum atomic E-state index is 12.4. The van der Waals surface area contributed by atoms with Crippen LogP contribution in [0.4, 0.5) is 0 Å². The fourth-order valence-electron chi connectivity index (χ4n) is 3.24. The second-order valence-corrected chi connectivity index (χ2v) is 6.60. The Bertz CT molecular complexity index is 1290. The van der Waals surface area contributed by atoms with Crippen molar-refractivity contribution >= 4 is 27.8 Å². The molecule has 3 aromatic heterocycles. The predicted molar refractivity (Wildman–Crippen MR) is 110 cm³/mol. The molecule has 5 aromatic rings. The zero-order valence-corrected chi connectivity index (χ0v) is 15.3. The first-order valence-corrected chi connectivity index (χ1v) is 9.13. The molecular weight excluding hydrogens is 366 g/mol. The minimum Gasteiger partial charge on any atom is -0.334 e. The zero-order valence-electron chi connectivity index (χ0n) is 15.3. The van der Waals surface area contributed by atoms with Gasteiger partial charge in [0.2, 0.25) is 0 Å². The highest BCUT2D eigenvalue weighted by atomic mass is 16.2. The van der Waals surface area contributed by atoms with Gasteiger partial charge in [0.25, 0.3) is 0 Å². The quantitative estimate of drug-likeness (QED) is 0.349. The maximum Gasteiger partial charge on any atom is 0.301 e. The van der Waals surface area contributed by atoms with Crippen molar-refractivity contribution in [2.24, 2.45) is 0 Å². The van der Waals surface area contributed by atoms with Crippen molar-refractivity contribution in [3.05, 3.63) is 78.4 Å². The van der Waals surface area contributed by atoms with Gasteiger partial charge in [-0.05, 0) is 29.8 Å². The molecule has 0 aliphatic carbocycles. The molecule has 142 valence electrons. The Kier molecular flexibility index (Phi) is 4.23. The summed E-state index contributed by atoms with van der Waals surface area (Å²) in [6, 6.07) is 17.5. The van der Waals surface area contributed by atoms with Gasteiger partial charge in [-0.25, -0.2) is 10.4 Å². The lowest BCUT2D eigenvalue weighted by molar-refractivity contribution is 0.0923. The second kappa shape index (κ2) is 7.17. The summed E-state index contributed by atoms with van der Waals surface area (Å²) < 4.78 is 0. The van der Waals surface area contributed by atoms with E-state index in [4.69, 9.17) is 0 Å². The van der Waals surface area contributed by atoms with Gasteiger partial charge in [-0.15, -0.1) is 0 Å². The molecule has 0 spiro atoms. The maximum absolute atomic E-state index is 12.4. The molecule has 0 radical (unpaired) electrons. The van der Waals surface area contributed by atoms with Crippen LogP contribution in [0.15, 0.2) is 67.0 Å². The number of H-pyrrole nitrogens is 2. The first kappa shape index (κ1) is 17.1. The number of hydrogen-bond acceptors (Lipinski definition) is 5. The van der Waals surface area contributed by atoms with Crippen LogP contribution < -0.4 is 10.9 Å². The van der Waals surface area contributed by atoms with Gasteiger partial charge in [0.1, 0.15) is 5.69 Å². The number of pyridine rings is 1. The summed E-state index contributed by atoms with van der Waals surface area (Å²) in [5.41, 5.74) is 10.8. The average Bonchev–Trinajstić information content (AvgIpc) is 3.37. The van der Waals surface area contributed by atoms with Crippen LogP contribution in [-0.2, 0) is 6.54 Å². The number of imidazole rings is 1. The Balaban J connectivity index is 1.39. The summed E-state index contributed by atoms with van der Waals surface area (Å²) >= 11 is 0. The molecule has 0 saturated carbocycles. The average molecular weight is 383 g/mol. The third kappa shape index (κ3) is 3.32. The van der Waals surface area contributed by atoms with Crippen LogP contribution in [0.2, 0.25) is 0 Å². The molecule has 0 unspecified atom stereocenters. The lowest BCUT2D eigenvalue weighted by atomic mass is 10.1. The zero-order chi connectivity index (χ0) is 19.6. The summed E-state index contributed by atoms with van der Waals surface area (Å²) in [6.07, 6.45) is 3.46. The molecule has 2 aromatic carbocycles. The van der Waals surface area contributed by atoms with E-state index in [2.05, 4.69) is 36.0 Å². The molecule has 0 fully saturated rings. The van der Waals surface area contributed by atoms with Crippen molar-refractivity contribution in [1.29, 1.82) is 0 Å². The standard InChI is InChI=1S/C21H17N7O/c29-21(28-23-12-13-4-2-1-3-5-13)20-24-17-10-15-16(11-18(17)25-20)26-27-19(15)14-6-8-22-9-7-14/h1-11,23H,12H2,(H,24,25)(H,26,27)(H,28,29). The smallest absolute Gasteiger partial charge is 0.301 e. The van der Waals surface area contributed by atoms with Crippen molar-refractivity contribution in [2.45, 2.75) is 6.54 Å². The molecule has 0 atom stereocenters. The summed E-state index contributed by atoms with van der Waals surface area (Å²) in [6.45, 7) is 0.525. The Hall–Kier alpha value is -4.04. The number of aromatic amines is 2. The number of aromatic nitrogens is 5. The molecule has 1 amide bonds. The van der Waals surface area contributed by atoms with E-state index >= 15 is 0 Å². The second-order valence-electron chi connectivity index (χ2n) is 6.60. The summed E-state index contributed by atoms with van der Waals surface area (Å²) in [5.74, 6) is -0.0834. The molecule has 4 N–H and O–H groups in total. The summed E-state index contributed by atoms with van der Waals surface area (Å²) in [4.78, 5) is 24.0. The van der Waals surface area contributed by atoms with E-state index in [-0.39, 0.29) is 11.7 Å². The van der Waals surface area contributed by atoms with Crippen LogP contribution in [-0.4, -0.2) is 31.1 Å². The van der Waals surface area contributed by atoms with Gasteiger partial charge in [-0.3, -0.25) is 20.3 Å². The van der Waals surface area contributed by atoms with Gasteiger partial charge in [-0.1, -0.05) is 30.3 Å². The van der Waals surface area contributed by atoms with Gasteiger partial charge >= 0.3 is 5.91 Å². The number of hydrazine groups is 1. The van der Waals surface area contributed by atoms with Crippen molar-refractivity contribution in [1.82, 2.24) is 36.0 Å². The summed E-state index contributed by atoms with van der Waals surface area (Å²) in [7, 11) is 0. The number of nitrogens with zero attached hydrogens (tertiary/aromatic N) is 3. The molecule has 0 aliphatic heterocycles. The van der Waals surface area contributed by atoms with Gasteiger partial charge in [0.15, 0.2) is 5.82 Å². The van der Waals surface area contributed by atoms with Crippen molar-refractivity contribution in [2.75, 3.05) is 0 Å². The molecule has 5 rings (SSSR count). The fourth-order valence-corrected chi connectivity index (χ4v) is 3.24. The molecule has 8 nitrogen and oxygen atoms in total. The largest absolute Gasteiger partial charge is 0.334 e. The molecule has 0 aliphatic rings. The van der Waals surface area contributed by atoms with E-state index in [1.165, 1.54) is 0 Å². The Morgan fingerprint density at radius 1 is 1.00 bits per heavy atom. The van der Waals surface area contributed by atoms with Gasteiger partial charge in [0.05, 0.1) is 16.6 Å². The SMILES string of the molecule is O=C(NNCc1ccccc1)c1nc2cc3c(-c4ccncc4)n[nH]c3cc2[nH]1. The Morgan fingerprint density at radius 2 is 1.83 bits per heavy atom. The Morgan fingerprint density at radius 3 is 2.66 bits per heavy atom. The van der Waals surface area contributed by atoms with Gasteiger partial charge in [0, 0.05) is 29.9 Å². The Labute approximate surface area is 165 Å². The van der Waals surface area contributed by atoms with Crippen molar-refractivity contribution in [3.8, 4) is 11.3 Å². The fraction of sp³-hybridized carbons (Fsp3) is 0.0476. The van der Waals surface area contributed by atoms with Crippen LogP contribution in [0.5, 0.6) is 0 Å². The highest BCUT2D eigenvalue weighted by Gasteiger charge is 2.14. The van der Waals surface area contributed by atoms with Gasteiger partial charge in [-0.2, -0.15) is 5.10 Å². The molecule has 8 heteroatoms. The molecule has 3 heterocycles. The van der Waals surface area contributed by atoms with E-state index in [0.717, 1.165) is 33.2 Å². The predicted octanol–water partition coefficient (Wildman–Crippen LogP) is 2.94. The lowest BCUT2D eigenvalue weighted by Crippen LogP contribution is -2.37. The number of carbonyl (C=O) groups is 1. The normalized spacial score (nSPS) is 11.2. The van der Waals surface area contributed by atoms with Crippen LogP contribution in [0.1, 0.15) is 16.2 Å². The van der Waals surface area contributed by atoms with Gasteiger partial charge < -0.3 is 4.98 Å². The minimum atomic E-state index is -0.326. The highest BCUT2D eigenvalue weighted by molar-refractivity contribution is 6.02. The van der Waals surface area contributed by atoms with E-state index in [1.54, 1.807) is 12.4 Å². The van der Waals surface area contributed by atoms with E-state index in [9.17, 15) is 4.79 Å². The summed E-state index contributed by atoms with van der Waals surface area (Å²) in [5, 5.41) is 8.38. The van der Waals surface area contributed by atoms with E-state index in [1.807, 2.05) is 54.6 Å². The third-order valence-corrected chi connectivity index (χ3v) is 4.67. The number of nitrogens with one attached hydrogen (secondary N) is 4. The molecule has 0 saturated heterocycles. The minimum absolute atomic E-state index is 0.242. The topological polar surface area (TPSA) is 111 Å². The highest BCUT2D eigenvalue weighted by Crippen LogP contribution is 2.28. The number of fused-ring (bicyclic) bond motifs is 2. The number of carbonyl (C=O) groups excluding carboxylic acids is 1. The van der Waals surface area contributed by atoms with E-state index < -0.39 is 0 Å². The number of rotatable bonds is 5. The number of benzene rings is 2. The monoisotopic (exact) mass is 383 g/mol. The molecular formula is C21H17N7O. The number of hydrogen-bond donors (Lipinski definition) is 4. The van der Waals surface area contributed by atoms with Crippen LogP contribution in [0, 0.1) is 0 Å². The van der Waals surface area contributed by atoms with Crippen molar-refractivity contribution in [3.63, 3.8) is 0 Å². The van der Waals surface area contributed by atoms with Crippen LogP contribution >= 0.6 is 0 Å². The number of amides is 1. The van der Waals surface area contributed by atoms with Crippen LogP contribution in [0.25, 0.3) is 33.2 Å². The van der Waals surface area contributed by atoms with E-state index in [0.29, 0.717) is 12.1 Å².